The molecule has 0 saturated heterocycles. The van der Waals surface area contributed by atoms with Gasteiger partial charge in [0.1, 0.15) is 0 Å². The lowest BCUT2D eigenvalue weighted by atomic mass is 9.84. The van der Waals surface area contributed by atoms with Gasteiger partial charge in [-0.1, -0.05) is 34.5 Å². The quantitative estimate of drug-likeness (QED) is 0.872. The van der Waals surface area contributed by atoms with Crippen molar-refractivity contribution in [3.63, 3.8) is 0 Å². The van der Waals surface area contributed by atoms with Gasteiger partial charge in [0.05, 0.1) is 0 Å². The number of hydrogen-bond donors (Lipinski definition) is 2. The fraction of sp³-hybridized carbons (Fsp3) is 0.588. The van der Waals surface area contributed by atoms with Crippen molar-refractivity contribution in [1.82, 2.24) is 5.32 Å². The molecule has 1 aliphatic carbocycles. The van der Waals surface area contributed by atoms with Crippen molar-refractivity contribution in [2.45, 2.75) is 57.5 Å². The van der Waals surface area contributed by atoms with E-state index >= 15 is 0 Å². The van der Waals surface area contributed by atoms with Crippen LogP contribution in [-0.2, 0) is 11.2 Å². The van der Waals surface area contributed by atoms with Crippen LogP contribution in [0, 0.1) is 5.92 Å². The SMILES string of the molecule is CC(C)(Cc1ccc(Br)cc1)NC(=O)C1CCCC(N)C1. The number of halogens is 1. The third-order valence-electron chi connectivity index (χ3n) is 4.11. The lowest BCUT2D eigenvalue weighted by Gasteiger charge is -2.31. The van der Waals surface area contributed by atoms with Crippen molar-refractivity contribution < 1.29 is 4.79 Å². The van der Waals surface area contributed by atoms with E-state index in [1.807, 2.05) is 12.1 Å². The van der Waals surface area contributed by atoms with E-state index in [9.17, 15) is 4.79 Å². The summed E-state index contributed by atoms with van der Waals surface area (Å²) >= 11 is 3.44. The van der Waals surface area contributed by atoms with Gasteiger partial charge >= 0.3 is 0 Å². The Hall–Kier alpha value is -0.870. The molecular formula is C17H25BrN2O. The molecule has 0 spiro atoms. The smallest absolute Gasteiger partial charge is 0.223 e. The van der Waals surface area contributed by atoms with E-state index in [-0.39, 0.29) is 23.4 Å². The maximum Gasteiger partial charge on any atom is 0.223 e. The Labute approximate surface area is 135 Å². The summed E-state index contributed by atoms with van der Waals surface area (Å²) in [5.74, 6) is 0.241. The van der Waals surface area contributed by atoms with Gasteiger partial charge in [0, 0.05) is 22.0 Å². The van der Waals surface area contributed by atoms with Gasteiger partial charge in [-0.25, -0.2) is 0 Å². The van der Waals surface area contributed by atoms with Crippen LogP contribution in [0.25, 0.3) is 0 Å². The second kappa shape index (κ2) is 6.93. The molecule has 2 unspecified atom stereocenters. The van der Waals surface area contributed by atoms with E-state index in [1.54, 1.807) is 0 Å². The molecule has 1 aliphatic rings. The first-order valence-electron chi connectivity index (χ1n) is 7.68. The highest BCUT2D eigenvalue weighted by molar-refractivity contribution is 9.10. The van der Waals surface area contributed by atoms with Gasteiger partial charge in [-0.05, 0) is 57.2 Å². The Bertz CT molecular complexity index is 484. The van der Waals surface area contributed by atoms with Gasteiger partial charge in [0.25, 0.3) is 0 Å². The van der Waals surface area contributed by atoms with Crippen LogP contribution < -0.4 is 11.1 Å². The van der Waals surface area contributed by atoms with Gasteiger partial charge in [0.15, 0.2) is 0 Å². The molecule has 0 heterocycles. The first kappa shape index (κ1) is 16.5. The van der Waals surface area contributed by atoms with Crippen LogP contribution in [0.2, 0.25) is 0 Å². The van der Waals surface area contributed by atoms with Crippen LogP contribution in [0.5, 0.6) is 0 Å². The molecule has 1 amide bonds. The molecule has 1 saturated carbocycles. The Morgan fingerprint density at radius 2 is 2.00 bits per heavy atom. The maximum atomic E-state index is 12.4. The third kappa shape index (κ3) is 5.11. The predicted molar refractivity (Wildman–Crippen MR) is 90.0 cm³/mol. The molecule has 116 valence electrons. The van der Waals surface area contributed by atoms with Gasteiger partial charge in [-0.15, -0.1) is 0 Å². The van der Waals surface area contributed by atoms with Crippen LogP contribution in [0.1, 0.15) is 45.1 Å². The zero-order valence-electron chi connectivity index (χ0n) is 12.9. The second-order valence-corrected chi connectivity index (χ2v) is 7.72. The molecule has 2 rings (SSSR count). The molecule has 1 aromatic rings. The second-order valence-electron chi connectivity index (χ2n) is 6.80. The van der Waals surface area contributed by atoms with Crippen LogP contribution >= 0.6 is 15.9 Å². The first-order chi connectivity index (χ1) is 9.85. The molecule has 1 aromatic carbocycles. The van der Waals surface area contributed by atoms with Crippen LogP contribution in [0.4, 0.5) is 0 Å². The normalized spacial score (nSPS) is 22.9. The van der Waals surface area contributed by atoms with Gasteiger partial charge < -0.3 is 11.1 Å². The summed E-state index contributed by atoms with van der Waals surface area (Å²) in [7, 11) is 0. The van der Waals surface area contributed by atoms with Crippen LogP contribution in [0.15, 0.2) is 28.7 Å². The summed E-state index contributed by atoms with van der Waals surface area (Å²) < 4.78 is 1.07. The number of nitrogens with one attached hydrogen (secondary N) is 1. The van der Waals surface area contributed by atoms with Gasteiger partial charge in [-0.2, -0.15) is 0 Å². The fourth-order valence-electron chi connectivity index (χ4n) is 3.06. The number of hydrogen-bond acceptors (Lipinski definition) is 2. The molecule has 0 aromatic heterocycles. The maximum absolute atomic E-state index is 12.4. The minimum absolute atomic E-state index is 0.0814. The monoisotopic (exact) mass is 352 g/mol. The Morgan fingerprint density at radius 3 is 2.62 bits per heavy atom. The molecule has 3 N–H and O–H groups in total. The summed E-state index contributed by atoms with van der Waals surface area (Å²) in [6.07, 6.45) is 4.72. The summed E-state index contributed by atoms with van der Waals surface area (Å²) in [5, 5.41) is 3.20. The standard InChI is InChI=1S/C17H25BrN2O/c1-17(2,11-12-6-8-14(18)9-7-12)20-16(21)13-4-3-5-15(19)10-13/h6-9,13,15H,3-5,10-11,19H2,1-2H3,(H,20,21). The van der Waals surface area contributed by atoms with Gasteiger partial charge in [-0.3, -0.25) is 4.79 Å². The number of benzene rings is 1. The minimum Gasteiger partial charge on any atom is -0.351 e. The van der Waals surface area contributed by atoms with E-state index in [1.165, 1.54) is 5.56 Å². The lowest BCUT2D eigenvalue weighted by molar-refractivity contribution is -0.127. The number of carbonyl (C=O) groups excluding carboxylic acids is 1. The third-order valence-corrected chi connectivity index (χ3v) is 4.64. The number of nitrogens with two attached hydrogens (primary N) is 1. The van der Waals surface area contributed by atoms with Crippen molar-refractivity contribution in [1.29, 1.82) is 0 Å². The molecular weight excluding hydrogens is 328 g/mol. The Kier molecular flexibility index (Phi) is 5.44. The average Bonchev–Trinajstić information content (AvgIpc) is 2.40. The number of rotatable bonds is 4. The van der Waals surface area contributed by atoms with Crippen LogP contribution in [-0.4, -0.2) is 17.5 Å². The van der Waals surface area contributed by atoms with Crippen molar-refractivity contribution in [2.24, 2.45) is 11.7 Å². The first-order valence-corrected chi connectivity index (χ1v) is 8.47. The van der Waals surface area contributed by atoms with Crippen molar-refractivity contribution in [2.75, 3.05) is 0 Å². The Morgan fingerprint density at radius 1 is 1.33 bits per heavy atom. The van der Waals surface area contributed by atoms with E-state index < -0.39 is 0 Å². The zero-order valence-corrected chi connectivity index (χ0v) is 14.4. The van der Waals surface area contributed by atoms with E-state index in [2.05, 4.69) is 47.2 Å². The van der Waals surface area contributed by atoms with Crippen molar-refractivity contribution in [3.8, 4) is 0 Å². The zero-order chi connectivity index (χ0) is 15.5. The molecule has 1 fully saturated rings. The molecule has 0 radical (unpaired) electrons. The molecule has 21 heavy (non-hydrogen) atoms. The molecule has 2 atom stereocenters. The van der Waals surface area contributed by atoms with Gasteiger partial charge in [0.2, 0.25) is 5.91 Å². The number of carbonyl (C=O) groups is 1. The summed E-state index contributed by atoms with van der Waals surface area (Å²) in [6, 6.07) is 8.44. The highest BCUT2D eigenvalue weighted by Crippen LogP contribution is 2.24. The topological polar surface area (TPSA) is 55.1 Å². The van der Waals surface area contributed by atoms with E-state index in [4.69, 9.17) is 5.73 Å². The summed E-state index contributed by atoms with van der Waals surface area (Å²) in [5.41, 5.74) is 6.96. The van der Waals surface area contributed by atoms with E-state index in [0.29, 0.717) is 0 Å². The van der Waals surface area contributed by atoms with Crippen LogP contribution in [0.3, 0.4) is 0 Å². The molecule has 0 aliphatic heterocycles. The summed E-state index contributed by atoms with van der Waals surface area (Å²) in [4.78, 5) is 12.4. The predicted octanol–water partition coefficient (Wildman–Crippen LogP) is 3.40. The van der Waals surface area contributed by atoms with E-state index in [0.717, 1.165) is 36.6 Å². The summed E-state index contributed by atoms with van der Waals surface area (Å²) in [6.45, 7) is 4.16. The molecule has 0 bridgehead atoms. The number of amides is 1. The fourth-order valence-corrected chi connectivity index (χ4v) is 3.32. The highest BCUT2D eigenvalue weighted by Gasteiger charge is 2.29. The largest absolute Gasteiger partial charge is 0.351 e. The highest BCUT2D eigenvalue weighted by atomic mass is 79.9. The molecule has 4 heteroatoms. The minimum atomic E-state index is -0.244. The lowest BCUT2D eigenvalue weighted by Crippen LogP contribution is -2.49. The Balaban J connectivity index is 1.93. The van der Waals surface area contributed by atoms with Crippen molar-refractivity contribution in [3.05, 3.63) is 34.3 Å². The van der Waals surface area contributed by atoms with Crippen molar-refractivity contribution >= 4 is 21.8 Å². The average molecular weight is 353 g/mol. The molecule has 3 nitrogen and oxygen atoms in total.